The van der Waals surface area contributed by atoms with Crippen LogP contribution in [0.25, 0.3) is 15.9 Å². The SMILES string of the molecule is Cc1ccc(C(C)C)c(OCc2nc3c4c5c(sc4ncn3n2)C[C@@H](C(C)(C)C)CC5)c1. The van der Waals surface area contributed by atoms with Gasteiger partial charge in [-0.3, -0.25) is 0 Å². The van der Waals surface area contributed by atoms with Crippen molar-refractivity contribution in [3.8, 4) is 5.75 Å². The Labute approximate surface area is 193 Å². The minimum absolute atomic E-state index is 0.334. The molecule has 0 bridgehead atoms. The van der Waals surface area contributed by atoms with Crippen LogP contribution >= 0.6 is 11.3 Å². The summed E-state index contributed by atoms with van der Waals surface area (Å²) in [6.45, 7) is 13.9. The Balaban J connectivity index is 1.47. The number of aryl methyl sites for hydroxylation is 2. The van der Waals surface area contributed by atoms with Gasteiger partial charge in [-0.15, -0.1) is 16.4 Å². The topological polar surface area (TPSA) is 52.3 Å². The van der Waals surface area contributed by atoms with E-state index in [-0.39, 0.29) is 0 Å². The molecular weight excluding hydrogens is 416 g/mol. The van der Waals surface area contributed by atoms with Crippen LogP contribution < -0.4 is 4.74 Å². The molecule has 0 unspecified atom stereocenters. The summed E-state index contributed by atoms with van der Waals surface area (Å²) in [5.74, 6) is 2.73. The standard InChI is InChI=1S/C26H32N4OS/c1-15(2)18-9-7-16(3)11-20(18)31-13-22-28-24-23-19-10-8-17(26(4,5)6)12-21(19)32-25(23)27-14-30(24)29-22/h7,9,11,14-15,17H,8,10,12-13H2,1-6H3/t17-/m0/s1. The van der Waals surface area contributed by atoms with Gasteiger partial charge in [0.2, 0.25) is 0 Å². The highest BCUT2D eigenvalue weighted by Crippen LogP contribution is 2.43. The highest BCUT2D eigenvalue weighted by Gasteiger charge is 2.31. The van der Waals surface area contributed by atoms with Crippen molar-refractivity contribution in [3.63, 3.8) is 0 Å². The molecule has 0 N–H and O–H groups in total. The third kappa shape index (κ3) is 3.79. The molecule has 1 aliphatic carbocycles. The van der Waals surface area contributed by atoms with E-state index in [4.69, 9.17) is 14.7 Å². The first-order valence-electron chi connectivity index (χ1n) is 11.6. The fourth-order valence-electron chi connectivity index (χ4n) is 4.80. The van der Waals surface area contributed by atoms with Crippen molar-refractivity contribution in [2.75, 3.05) is 0 Å². The van der Waals surface area contributed by atoms with E-state index in [9.17, 15) is 0 Å². The van der Waals surface area contributed by atoms with Crippen molar-refractivity contribution in [2.24, 2.45) is 11.3 Å². The van der Waals surface area contributed by atoms with Gasteiger partial charge in [0.25, 0.3) is 0 Å². The van der Waals surface area contributed by atoms with Crippen molar-refractivity contribution >= 4 is 27.2 Å². The molecule has 0 spiro atoms. The van der Waals surface area contributed by atoms with Crippen molar-refractivity contribution < 1.29 is 4.74 Å². The zero-order chi connectivity index (χ0) is 22.6. The molecule has 4 aromatic rings. The van der Waals surface area contributed by atoms with Crippen LogP contribution in [-0.2, 0) is 19.4 Å². The fourth-order valence-corrected chi connectivity index (χ4v) is 6.07. The number of fused-ring (bicyclic) bond motifs is 5. The van der Waals surface area contributed by atoms with Crippen LogP contribution in [0.1, 0.15) is 74.3 Å². The molecule has 0 amide bonds. The molecule has 1 aliphatic rings. The van der Waals surface area contributed by atoms with Crippen LogP contribution in [0.5, 0.6) is 5.75 Å². The molecule has 0 radical (unpaired) electrons. The lowest BCUT2D eigenvalue weighted by Crippen LogP contribution is -2.26. The second kappa shape index (κ2) is 7.84. The van der Waals surface area contributed by atoms with Crippen molar-refractivity contribution in [1.82, 2.24) is 19.6 Å². The summed E-state index contributed by atoms with van der Waals surface area (Å²) in [6, 6.07) is 6.39. The van der Waals surface area contributed by atoms with E-state index in [0.29, 0.717) is 29.7 Å². The Morgan fingerprint density at radius 2 is 2.06 bits per heavy atom. The zero-order valence-electron chi connectivity index (χ0n) is 19.9. The number of rotatable bonds is 4. The Kier molecular flexibility index (Phi) is 5.24. The molecule has 5 rings (SSSR count). The Hall–Kier alpha value is -2.47. The molecule has 3 heterocycles. The predicted molar refractivity (Wildman–Crippen MR) is 131 cm³/mol. The van der Waals surface area contributed by atoms with E-state index >= 15 is 0 Å². The van der Waals surface area contributed by atoms with Crippen LogP contribution in [-0.4, -0.2) is 19.6 Å². The van der Waals surface area contributed by atoms with Crippen LogP contribution in [0, 0.1) is 18.3 Å². The molecule has 3 aromatic heterocycles. The number of thiophene rings is 1. The van der Waals surface area contributed by atoms with Gasteiger partial charge in [0, 0.05) is 4.88 Å². The van der Waals surface area contributed by atoms with Gasteiger partial charge < -0.3 is 4.74 Å². The van der Waals surface area contributed by atoms with Gasteiger partial charge in [-0.25, -0.2) is 14.5 Å². The van der Waals surface area contributed by atoms with E-state index in [0.717, 1.165) is 29.1 Å². The third-order valence-corrected chi connectivity index (χ3v) is 7.96. The average Bonchev–Trinajstić information content (AvgIpc) is 3.31. The highest BCUT2D eigenvalue weighted by atomic mass is 32.1. The molecule has 1 atom stereocenters. The van der Waals surface area contributed by atoms with Crippen LogP contribution in [0.3, 0.4) is 0 Å². The quantitative estimate of drug-likeness (QED) is 0.357. The smallest absolute Gasteiger partial charge is 0.189 e. The first-order chi connectivity index (χ1) is 15.2. The summed E-state index contributed by atoms with van der Waals surface area (Å²) in [5.41, 5.74) is 5.08. The molecule has 6 heteroatoms. The maximum Gasteiger partial charge on any atom is 0.189 e. The van der Waals surface area contributed by atoms with Gasteiger partial charge in [-0.2, -0.15) is 0 Å². The lowest BCUT2D eigenvalue weighted by atomic mass is 9.72. The number of ether oxygens (including phenoxy) is 1. The molecule has 0 saturated heterocycles. The molecule has 0 aliphatic heterocycles. The van der Waals surface area contributed by atoms with Gasteiger partial charge in [-0.1, -0.05) is 46.8 Å². The first-order valence-corrected chi connectivity index (χ1v) is 12.4. The number of hydrogen-bond acceptors (Lipinski definition) is 5. The van der Waals surface area contributed by atoms with Crippen LogP contribution in [0.2, 0.25) is 0 Å². The van der Waals surface area contributed by atoms with E-state index in [1.54, 1.807) is 6.33 Å². The molecule has 5 nitrogen and oxygen atoms in total. The molecule has 32 heavy (non-hydrogen) atoms. The molecule has 168 valence electrons. The monoisotopic (exact) mass is 448 g/mol. The van der Waals surface area contributed by atoms with Crippen LogP contribution in [0.4, 0.5) is 0 Å². The van der Waals surface area contributed by atoms with Crippen molar-refractivity contribution in [3.05, 3.63) is 51.9 Å². The molecule has 1 aromatic carbocycles. The largest absolute Gasteiger partial charge is 0.485 e. The highest BCUT2D eigenvalue weighted by molar-refractivity contribution is 7.19. The maximum atomic E-state index is 6.20. The minimum Gasteiger partial charge on any atom is -0.485 e. The van der Waals surface area contributed by atoms with E-state index < -0.39 is 0 Å². The van der Waals surface area contributed by atoms with Crippen LogP contribution in [0.15, 0.2) is 24.5 Å². The van der Waals surface area contributed by atoms with Gasteiger partial charge >= 0.3 is 0 Å². The summed E-state index contributed by atoms with van der Waals surface area (Å²) < 4.78 is 8.02. The number of benzene rings is 1. The van der Waals surface area contributed by atoms with Gasteiger partial charge in [-0.05, 0) is 66.2 Å². The van der Waals surface area contributed by atoms with E-state index in [1.807, 2.05) is 15.9 Å². The van der Waals surface area contributed by atoms with Crippen molar-refractivity contribution in [2.45, 2.75) is 73.3 Å². The van der Waals surface area contributed by atoms with Gasteiger partial charge in [0.05, 0.1) is 5.39 Å². The Morgan fingerprint density at radius 1 is 1.25 bits per heavy atom. The van der Waals surface area contributed by atoms with Gasteiger partial charge in [0.1, 0.15) is 23.5 Å². The summed E-state index contributed by atoms with van der Waals surface area (Å²) in [4.78, 5) is 12.2. The Bertz CT molecular complexity index is 1290. The lowest BCUT2D eigenvalue weighted by molar-refractivity contribution is 0.218. The lowest BCUT2D eigenvalue weighted by Gasteiger charge is -2.33. The number of nitrogens with zero attached hydrogens (tertiary/aromatic N) is 4. The van der Waals surface area contributed by atoms with Crippen molar-refractivity contribution in [1.29, 1.82) is 0 Å². The fraction of sp³-hybridized carbons (Fsp3) is 0.500. The molecule has 0 saturated carbocycles. The summed E-state index contributed by atoms with van der Waals surface area (Å²) in [7, 11) is 0. The Morgan fingerprint density at radius 3 is 2.81 bits per heavy atom. The number of hydrogen-bond donors (Lipinski definition) is 0. The first kappa shape index (κ1) is 21.4. The molecule has 0 fully saturated rings. The number of aromatic nitrogens is 4. The second-order valence-electron chi connectivity index (χ2n) is 10.5. The third-order valence-electron chi connectivity index (χ3n) is 6.80. The predicted octanol–water partition coefficient (Wildman–Crippen LogP) is 6.50. The minimum atomic E-state index is 0.334. The normalized spacial score (nSPS) is 16.8. The summed E-state index contributed by atoms with van der Waals surface area (Å²) in [5, 5.41) is 5.87. The summed E-state index contributed by atoms with van der Waals surface area (Å²) >= 11 is 1.84. The van der Waals surface area contributed by atoms with E-state index in [1.165, 1.54) is 33.4 Å². The zero-order valence-corrected chi connectivity index (χ0v) is 20.7. The van der Waals surface area contributed by atoms with Gasteiger partial charge in [0.15, 0.2) is 11.5 Å². The second-order valence-corrected chi connectivity index (χ2v) is 11.6. The average molecular weight is 449 g/mol. The molecular formula is C26H32N4OS. The van der Waals surface area contributed by atoms with E-state index in [2.05, 4.69) is 64.8 Å². The maximum absolute atomic E-state index is 6.20. The summed E-state index contributed by atoms with van der Waals surface area (Å²) in [6.07, 6.45) is 5.25.